The van der Waals surface area contributed by atoms with Gasteiger partial charge in [0.2, 0.25) is 0 Å². The minimum absolute atomic E-state index is 0. The molecule has 0 aromatic carbocycles. The molecule has 0 fully saturated rings. The van der Waals surface area contributed by atoms with E-state index < -0.39 is 0 Å². The number of rotatable bonds is 2. The summed E-state index contributed by atoms with van der Waals surface area (Å²) in [5, 5.41) is 0. The van der Waals surface area contributed by atoms with Crippen LogP contribution in [0.25, 0.3) is 0 Å². The summed E-state index contributed by atoms with van der Waals surface area (Å²) in [6.45, 7) is 5.95. The van der Waals surface area contributed by atoms with Gasteiger partial charge in [0.1, 0.15) is 0 Å². The Labute approximate surface area is 147 Å². The van der Waals surface area contributed by atoms with Crippen molar-refractivity contribution < 1.29 is 39.0 Å². The van der Waals surface area contributed by atoms with Gasteiger partial charge < -0.3 is 59.5 Å². The first kappa shape index (κ1) is 26.1. The molecule has 0 heterocycles. The molecule has 0 aromatic rings. The van der Waals surface area contributed by atoms with Crippen LogP contribution < -0.4 is 0 Å². The molecule has 0 bridgehead atoms. The molecule has 8 heteroatoms. The van der Waals surface area contributed by atoms with Crippen molar-refractivity contribution in [2.75, 3.05) is 27.2 Å². The van der Waals surface area contributed by atoms with Crippen LogP contribution in [0.1, 0.15) is 13.8 Å². The number of nitrogens with zero attached hydrogens (tertiary/aromatic N) is 2. The van der Waals surface area contributed by atoms with Crippen LogP contribution >= 0.6 is 24.4 Å². The summed E-state index contributed by atoms with van der Waals surface area (Å²) < 4.78 is 1.09. The summed E-state index contributed by atoms with van der Waals surface area (Å²) in [5.41, 5.74) is 0. The monoisotopic (exact) mass is 396 g/mol. The Hall–Kier alpha value is 1.47. The first-order valence-corrected chi connectivity index (χ1v) is 5.84. The van der Waals surface area contributed by atoms with E-state index in [-0.39, 0.29) is 39.0 Å². The largest absolute Gasteiger partial charge is 2.00 e. The maximum absolute atomic E-state index is 4.76. The van der Waals surface area contributed by atoms with E-state index >= 15 is 0 Å². The van der Waals surface area contributed by atoms with Gasteiger partial charge >= 0.3 is 39.0 Å². The van der Waals surface area contributed by atoms with Gasteiger partial charge in [-0.15, -0.1) is 0 Å². The van der Waals surface area contributed by atoms with Crippen LogP contribution in [0.4, 0.5) is 0 Å². The van der Waals surface area contributed by atoms with Crippen LogP contribution in [0, 0.1) is 0 Å². The second-order valence-electron chi connectivity index (χ2n) is 2.60. The van der Waals surface area contributed by atoms with Crippen LogP contribution in [0.2, 0.25) is 0 Å². The molecule has 0 rings (SSSR count). The Morgan fingerprint density at radius 3 is 1.19 bits per heavy atom. The van der Waals surface area contributed by atoms with Crippen LogP contribution in [-0.2, 0) is 64.2 Å². The van der Waals surface area contributed by atoms with Gasteiger partial charge in [-0.2, -0.15) is 0 Å². The average Bonchev–Trinajstić information content (AvgIpc) is 2.06. The standard InChI is InChI=1S/C5H11NS2.C3H7NS2.2Zn/c1-3-6(4-2)5(7)8;1-4(2)3(5)6;;/h3-4H2,1-2H3,(H,7,8);1-2H3,(H,5,6);;/q;;2*+2/p-2. The fourth-order valence-electron chi connectivity index (χ4n) is 0.482. The van der Waals surface area contributed by atoms with E-state index in [9.17, 15) is 0 Å². The summed E-state index contributed by atoms with van der Waals surface area (Å²) in [6.07, 6.45) is 0. The van der Waals surface area contributed by atoms with Crippen molar-refractivity contribution in [2.45, 2.75) is 13.8 Å². The smallest absolute Gasteiger partial charge is 0.411 e. The Balaban J connectivity index is -0.0000000825. The minimum Gasteiger partial charge on any atom is -0.411 e. The van der Waals surface area contributed by atoms with Gasteiger partial charge in [-0.25, -0.2) is 0 Å². The maximum atomic E-state index is 4.76. The summed E-state index contributed by atoms with van der Waals surface area (Å²) in [5.74, 6) is 0. The number of hydrogen-bond acceptors (Lipinski definition) is 4. The fraction of sp³-hybridized carbons (Fsp3) is 0.750. The third kappa shape index (κ3) is 17.8. The van der Waals surface area contributed by atoms with Crippen molar-refractivity contribution in [1.82, 2.24) is 9.80 Å². The SMILES string of the molecule is CCN(CC)C(=S)[S-].CN(C)C(=S)[S-].[Zn+2].[Zn+2]. The van der Waals surface area contributed by atoms with Crippen LogP contribution in [0.15, 0.2) is 0 Å². The van der Waals surface area contributed by atoms with Gasteiger partial charge in [-0.3, -0.25) is 0 Å². The van der Waals surface area contributed by atoms with E-state index in [1.54, 1.807) is 4.90 Å². The summed E-state index contributed by atoms with van der Waals surface area (Å²) >= 11 is 18.6. The van der Waals surface area contributed by atoms with E-state index in [2.05, 4.69) is 24.8 Å². The van der Waals surface area contributed by atoms with E-state index in [4.69, 9.17) is 24.8 Å². The summed E-state index contributed by atoms with van der Waals surface area (Å²) in [7, 11) is 3.66. The molecule has 0 radical (unpaired) electrons. The Morgan fingerprint density at radius 1 is 0.938 bits per heavy atom. The van der Waals surface area contributed by atoms with Crippen LogP contribution in [-0.4, -0.2) is 45.6 Å². The molecular weight excluding hydrogens is 383 g/mol. The average molecular weight is 399 g/mol. The second-order valence-corrected chi connectivity index (χ2v) is 4.66. The molecule has 0 unspecified atom stereocenters. The first-order valence-electron chi connectivity index (χ1n) is 4.20. The zero-order valence-electron chi connectivity index (χ0n) is 10.4. The molecule has 84 valence electrons. The zero-order valence-corrected chi connectivity index (χ0v) is 19.6. The molecule has 0 aliphatic carbocycles. The van der Waals surface area contributed by atoms with E-state index in [0.717, 1.165) is 13.1 Å². The second kappa shape index (κ2) is 16.5. The first-order chi connectivity index (χ1) is 6.36. The summed E-state index contributed by atoms with van der Waals surface area (Å²) in [6, 6.07) is 0. The molecule has 0 spiro atoms. The Morgan fingerprint density at radius 2 is 1.19 bits per heavy atom. The maximum Gasteiger partial charge on any atom is 2.00 e. The van der Waals surface area contributed by atoms with Crippen LogP contribution in [0.3, 0.4) is 0 Å². The number of thiocarbonyl (C=S) groups is 2. The van der Waals surface area contributed by atoms with Gasteiger partial charge in [0.05, 0.1) is 0 Å². The molecular formula is C8H16N2S4Zn2+2. The minimum atomic E-state index is 0. The normalized spacial score (nSPS) is 7.25. The third-order valence-corrected chi connectivity index (χ3v) is 2.63. The third-order valence-electron chi connectivity index (χ3n) is 1.39. The molecule has 2 nitrogen and oxygen atoms in total. The van der Waals surface area contributed by atoms with E-state index in [1.165, 1.54) is 0 Å². The Bertz CT molecular complexity index is 187. The van der Waals surface area contributed by atoms with E-state index in [1.807, 2.05) is 32.8 Å². The molecule has 0 saturated carbocycles. The Kier molecular flexibility index (Phi) is 26.9. The van der Waals surface area contributed by atoms with E-state index in [0.29, 0.717) is 8.64 Å². The van der Waals surface area contributed by atoms with Gasteiger partial charge in [0, 0.05) is 27.2 Å². The molecule has 0 amide bonds. The molecule has 16 heavy (non-hydrogen) atoms. The van der Waals surface area contributed by atoms with Crippen molar-refractivity contribution in [3.63, 3.8) is 0 Å². The predicted octanol–water partition coefficient (Wildman–Crippen LogP) is 1.53. The quantitative estimate of drug-likeness (QED) is 0.392. The van der Waals surface area contributed by atoms with Crippen LogP contribution in [0.5, 0.6) is 0 Å². The predicted molar refractivity (Wildman–Crippen MR) is 76.5 cm³/mol. The fourth-order valence-corrected chi connectivity index (χ4v) is 0.998. The molecule has 0 aliphatic heterocycles. The molecule has 0 atom stereocenters. The van der Waals surface area contributed by atoms with Gasteiger partial charge in [-0.05, 0) is 13.8 Å². The molecule has 0 saturated heterocycles. The van der Waals surface area contributed by atoms with Gasteiger partial charge in [0.25, 0.3) is 0 Å². The number of hydrogen-bond donors (Lipinski definition) is 0. The summed E-state index contributed by atoms with van der Waals surface area (Å²) in [4.78, 5) is 3.68. The van der Waals surface area contributed by atoms with Gasteiger partial charge in [0.15, 0.2) is 0 Å². The van der Waals surface area contributed by atoms with Crippen molar-refractivity contribution in [1.29, 1.82) is 0 Å². The van der Waals surface area contributed by atoms with Crippen molar-refractivity contribution in [3.8, 4) is 0 Å². The van der Waals surface area contributed by atoms with Crippen molar-refractivity contribution in [2.24, 2.45) is 0 Å². The molecule has 0 aromatic heterocycles. The van der Waals surface area contributed by atoms with Crippen molar-refractivity contribution >= 4 is 58.3 Å². The molecule has 0 aliphatic rings. The van der Waals surface area contributed by atoms with Crippen molar-refractivity contribution in [3.05, 3.63) is 0 Å². The zero-order chi connectivity index (χ0) is 11.7. The van der Waals surface area contributed by atoms with Gasteiger partial charge in [-0.1, -0.05) is 8.64 Å². The molecule has 0 N–H and O–H groups in total. The topological polar surface area (TPSA) is 6.48 Å².